The number of benzene rings is 4. The summed E-state index contributed by atoms with van der Waals surface area (Å²) in [6.07, 6.45) is 0.503. The van der Waals surface area contributed by atoms with Gasteiger partial charge in [-0.1, -0.05) is 66.7 Å². The number of urea groups is 1. The fraction of sp³-hybridized carbons (Fsp3) is 0.129. The van der Waals surface area contributed by atoms with Crippen LogP contribution >= 0.6 is 0 Å². The van der Waals surface area contributed by atoms with Gasteiger partial charge in [-0.05, 0) is 60.0 Å². The molecular formula is C31H30N4O4. The Bertz CT molecular complexity index is 1430. The minimum absolute atomic E-state index is 0.172. The molecule has 0 radical (unpaired) electrons. The first kappa shape index (κ1) is 26.9. The van der Waals surface area contributed by atoms with E-state index >= 15 is 0 Å². The molecule has 0 spiro atoms. The summed E-state index contributed by atoms with van der Waals surface area (Å²) in [6, 6.07) is 31.8. The number of nitrogens with one attached hydrogen (secondary N) is 2. The highest BCUT2D eigenvalue weighted by Gasteiger charge is 2.22. The molecule has 39 heavy (non-hydrogen) atoms. The first-order valence-electron chi connectivity index (χ1n) is 12.5. The predicted molar refractivity (Wildman–Crippen MR) is 153 cm³/mol. The summed E-state index contributed by atoms with van der Waals surface area (Å²) in [7, 11) is 1.66. The maximum atomic E-state index is 13.2. The van der Waals surface area contributed by atoms with E-state index < -0.39 is 11.9 Å². The van der Waals surface area contributed by atoms with E-state index in [0.717, 1.165) is 11.1 Å². The van der Waals surface area contributed by atoms with Crippen LogP contribution in [0.2, 0.25) is 0 Å². The topological polar surface area (TPSA) is 102 Å². The third kappa shape index (κ3) is 7.45. The molecule has 0 saturated carbocycles. The number of hydrogen-bond acceptors (Lipinski definition) is 4. The number of anilines is 3. The van der Waals surface area contributed by atoms with E-state index in [9.17, 15) is 19.5 Å². The average molecular weight is 523 g/mol. The lowest BCUT2D eigenvalue weighted by molar-refractivity contribution is -0.121. The van der Waals surface area contributed by atoms with E-state index in [-0.39, 0.29) is 24.7 Å². The van der Waals surface area contributed by atoms with Crippen LogP contribution in [0.5, 0.6) is 5.75 Å². The van der Waals surface area contributed by atoms with Gasteiger partial charge >= 0.3 is 6.03 Å². The van der Waals surface area contributed by atoms with Crippen molar-refractivity contribution in [2.45, 2.75) is 6.42 Å². The maximum Gasteiger partial charge on any atom is 0.319 e. The molecule has 4 aromatic rings. The zero-order valence-corrected chi connectivity index (χ0v) is 21.6. The van der Waals surface area contributed by atoms with Crippen molar-refractivity contribution in [3.05, 3.63) is 120 Å². The van der Waals surface area contributed by atoms with Crippen LogP contribution in [0.4, 0.5) is 21.9 Å². The van der Waals surface area contributed by atoms with E-state index in [2.05, 4.69) is 10.6 Å². The van der Waals surface area contributed by atoms with Gasteiger partial charge < -0.3 is 25.5 Å². The Morgan fingerprint density at radius 2 is 1.38 bits per heavy atom. The van der Waals surface area contributed by atoms with Gasteiger partial charge in [0.05, 0.1) is 6.54 Å². The van der Waals surface area contributed by atoms with Gasteiger partial charge in [0.15, 0.2) is 0 Å². The van der Waals surface area contributed by atoms with Crippen LogP contribution in [0.15, 0.2) is 109 Å². The van der Waals surface area contributed by atoms with Crippen LogP contribution in [-0.4, -0.2) is 43.1 Å². The maximum absolute atomic E-state index is 13.2. The van der Waals surface area contributed by atoms with Gasteiger partial charge in [0.25, 0.3) is 0 Å². The number of likely N-dealkylation sites (N-methyl/N-ethyl adjacent to an activating group) is 1. The minimum atomic E-state index is -0.549. The Hall–Kier alpha value is -5.11. The Morgan fingerprint density at radius 3 is 2.08 bits per heavy atom. The molecule has 0 saturated heterocycles. The van der Waals surface area contributed by atoms with Gasteiger partial charge in [-0.25, -0.2) is 4.79 Å². The highest BCUT2D eigenvalue weighted by atomic mass is 16.3. The summed E-state index contributed by atoms with van der Waals surface area (Å²) in [4.78, 5) is 41.9. The molecule has 4 rings (SSSR count). The Kier molecular flexibility index (Phi) is 8.92. The molecule has 198 valence electrons. The summed E-state index contributed by atoms with van der Waals surface area (Å²) in [5.74, 6) is -0.534. The summed E-state index contributed by atoms with van der Waals surface area (Å²) in [6.45, 7) is -0.498. The first-order valence-corrected chi connectivity index (χ1v) is 12.5. The minimum Gasteiger partial charge on any atom is -0.508 e. The standard InChI is InChI=1S/C31H30N4O4/c1-34(25-13-4-2-5-14-25)30(38)22-35(26-15-6-3-7-16-26)29(37)21-32-31(39)33-28-18-9-8-12-24(28)19-23-11-10-17-27(36)20-23/h2-18,20,36H,19,21-22H2,1H3,(H2,32,33,39). The second-order valence-corrected chi connectivity index (χ2v) is 8.92. The number of rotatable bonds is 9. The van der Waals surface area contributed by atoms with Gasteiger partial charge in [0.2, 0.25) is 11.8 Å². The van der Waals surface area contributed by atoms with Crippen LogP contribution in [0.3, 0.4) is 0 Å². The Morgan fingerprint density at radius 1 is 0.744 bits per heavy atom. The molecular weight excluding hydrogens is 492 g/mol. The van der Waals surface area contributed by atoms with Crippen molar-refractivity contribution in [2.75, 3.05) is 35.3 Å². The molecule has 0 bridgehead atoms. The molecule has 0 heterocycles. The molecule has 8 nitrogen and oxygen atoms in total. The highest BCUT2D eigenvalue weighted by molar-refractivity contribution is 6.05. The summed E-state index contributed by atoms with van der Waals surface area (Å²) in [5, 5.41) is 15.2. The lowest BCUT2D eigenvalue weighted by Gasteiger charge is -2.26. The Balaban J connectivity index is 1.41. The number of aromatic hydroxyl groups is 1. The zero-order chi connectivity index (χ0) is 27.6. The SMILES string of the molecule is CN(C(=O)CN(C(=O)CNC(=O)Nc1ccccc1Cc1cccc(O)c1)c1ccccc1)c1ccccc1. The number of para-hydroxylation sites is 3. The third-order valence-electron chi connectivity index (χ3n) is 6.15. The van der Waals surface area contributed by atoms with Gasteiger partial charge in [-0.3, -0.25) is 9.59 Å². The molecule has 4 aromatic carbocycles. The molecule has 8 heteroatoms. The molecule has 0 aliphatic rings. The van der Waals surface area contributed by atoms with Gasteiger partial charge in [0.1, 0.15) is 12.3 Å². The van der Waals surface area contributed by atoms with Crippen molar-refractivity contribution in [3.8, 4) is 5.75 Å². The van der Waals surface area contributed by atoms with Gasteiger partial charge in [-0.2, -0.15) is 0 Å². The molecule has 0 aliphatic carbocycles. The number of hydrogen-bond donors (Lipinski definition) is 3. The van der Waals surface area contributed by atoms with E-state index in [0.29, 0.717) is 23.5 Å². The molecule has 0 aromatic heterocycles. The monoisotopic (exact) mass is 522 g/mol. The van der Waals surface area contributed by atoms with Crippen LogP contribution in [0.1, 0.15) is 11.1 Å². The third-order valence-corrected chi connectivity index (χ3v) is 6.15. The van der Waals surface area contributed by atoms with E-state index in [1.54, 1.807) is 61.6 Å². The van der Waals surface area contributed by atoms with Gasteiger partial charge in [-0.15, -0.1) is 0 Å². The van der Waals surface area contributed by atoms with Crippen molar-refractivity contribution in [2.24, 2.45) is 0 Å². The highest BCUT2D eigenvalue weighted by Crippen LogP contribution is 2.21. The lowest BCUT2D eigenvalue weighted by Crippen LogP contribution is -2.46. The Labute approximate surface area is 227 Å². The predicted octanol–water partition coefficient (Wildman–Crippen LogP) is 4.80. The smallest absolute Gasteiger partial charge is 0.319 e. The van der Waals surface area contributed by atoms with Crippen LogP contribution < -0.4 is 20.4 Å². The van der Waals surface area contributed by atoms with Crippen LogP contribution in [-0.2, 0) is 16.0 Å². The number of nitrogens with zero attached hydrogens (tertiary/aromatic N) is 2. The quantitative estimate of drug-likeness (QED) is 0.294. The summed E-state index contributed by atoms with van der Waals surface area (Å²) >= 11 is 0. The molecule has 0 atom stereocenters. The van der Waals surface area contributed by atoms with Crippen LogP contribution in [0.25, 0.3) is 0 Å². The normalized spacial score (nSPS) is 10.4. The fourth-order valence-corrected chi connectivity index (χ4v) is 4.07. The largest absolute Gasteiger partial charge is 0.508 e. The second kappa shape index (κ2) is 12.9. The van der Waals surface area contributed by atoms with E-state index in [1.807, 2.05) is 54.6 Å². The molecule has 4 amide bonds. The van der Waals surface area contributed by atoms with E-state index in [1.165, 1.54) is 9.80 Å². The number of phenolic OH excluding ortho intramolecular Hbond substituents is 1. The molecule has 0 aliphatic heterocycles. The zero-order valence-electron chi connectivity index (χ0n) is 21.6. The number of phenols is 1. The van der Waals surface area contributed by atoms with Crippen molar-refractivity contribution in [1.29, 1.82) is 0 Å². The molecule has 0 fully saturated rings. The van der Waals surface area contributed by atoms with E-state index in [4.69, 9.17) is 0 Å². The average Bonchev–Trinajstić information content (AvgIpc) is 2.96. The molecule has 3 N–H and O–H groups in total. The summed E-state index contributed by atoms with van der Waals surface area (Å²) in [5.41, 5.74) is 3.60. The summed E-state index contributed by atoms with van der Waals surface area (Å²) < 4.78 is 0. The number of carbonyl (C=O) groups excluding carboxylic acids is 3. The first-order chi connectivity index (χ1) is 18.9. The molecule has 0 unspecified atom stereocenters. The lowest BCUT2D eigenvalue weighted by atomic mass is 10.0. The fourth-order valence-electron chi connectivity index (χ4n) is 4.07. The number of carbonyl (C=O) groups is 3. The van der Waals surface area contributed by atoms with Crippen molar-refractivity contribution < 1.29 is 19.5 Å². The van der Waals surface area contributed by atoms with Crippen LogP contribution in [0, 0.1) is 0 Å². The second-order valence-electron chi connectivity index (χ2n) is 8.92. The van der Waals surface area contributed by atoms with Crippen molar-refractivity contribution in [3.63, 3.8) is 0 Å². The number of amides is 4. The van der Waals surface area contributed by atoms with Crippen molar-refractivity contribution >= 4 is 34.9 Å². The van der Waals surface area contributed by atoms with Gasteiger partial charge in [0, 0.05) is 24.1 Å². The van der Waals surface area contributed by atoms with Crippen molar-refractivity contribution in [1.82, 2.24) is 5.32 Å².